The van der Waals surface area contributed by atoms with Gasteiger partial charge in [-0.05, 0) is 50.1 Å². The van der Waals surface area contributed by atoms with Gasteiger partial charge in [-0.3, -0.25) is 0 Å². The lowest BCUT2D eigenvalue weighted by atomic mass is 9.91. The van der Waals surface area contributed by atoms with Crippen molar-refractivity contribution in [2.75, 3.05) is 7.05 Å². The number of aromatic nitrogens is 1. The average Bonchev–Trinajstić information content (AvgIpc) is 2.62. The van der Waals surface area contributed by atoms with E-state index >= 15 is 0 Å². The highest BCUT2D eigenvalue weighted by Gasteiger charge is 2.23. The van der Waals surface area contributed by atoms with Gasteiger partial charge in [0.25, 0.3) is 0 Å². The van der Waals surface area contributed by atoms with Crippen LogP contribution in [0.1, 0.15) is 17.7 Å². The molecule has 0 radical (unpaired) electrons. The molecule has 1 aliphatic rings. The van der Waals surface area contributed by atoms with Crippen LogP contribution in [-0.2, 0) is 19.9 Å². The molecule has 3 heteroatoms. The molecule has 0 amide bonds. The van der Waals surface area contributed by atoms with Crippen LogP contribution < -0.4 is 5.32 Å². The zero-order valence-corrected chi connectivity index (χ0v) is 11.8. The van der Waals surface area contributed by atoms with E-state index in [1.54, 1.807) is 0 Å². The fourth-order valence-electron chi connectivity index (χ4n) is 3.00. The predicted octanol–water partition coefficient (Wildman–Crippen LogP) is 3.02. The van der Waals surface area contributed by atoms with Crippen molar-refractivity contribution in [3.05, 3.63) is 33.9 Å². The maximum absolute atomic E-state index is 3.58. The van der Waals surface area contributed by atoms with Crippen molar-refractivity contribution in [1.29, 1.82) is 0 Å². The van der Waals surface area contributed by atoms with E-state index in [1.165, 1.54) is 39.5 Å². The van der Waals surface area contributed by atoms with Gasteiger partial charge in [-0.25, -0.2) is 0 Å². The van der Waals surface area contributed by atoms with Crippen LogP contribution in [0.15, 0.2) is 22.7 Å². The van der Waals surface area contributed by atoms with Crippen LogP contribution in [0.5, 0.6) is 0 Å². The Balaban J connectivity index is 2.23. The second kappa shape index (κ2) is 4.14. The Morgan fingerprint density at radius 3 is 3.00 bits per heavy atom. The molecule has 2 nitrogen and oxygen atoms in total. The second-order valence-corrected chi connectivity index (χ2v) is 5.79. The summed E-state index contributed by atoms with van der Waals surface area (Å²) in [7, 11) is 4.26. The smallest absolute Gasteiger partial charge is 0.0483 e. The van der Waals surface area contributed by atoms with E-state index in [-0.39, 0.29) is 0 Å². The molecule has 1 unspecified atom stereocenters. The minimum Gasteiger partial charge on any atom is -0.347 e. The molecule has 90 valence electrons. The molecule has 0 spiro atoms. The van der Waals surface area contributed by atoms with Crippen molar-refractivity contribution in [2.45, 2.75) is 25.3 Å². The largest absolute Gasteiger partial charge is 0.347 e. The van der Waals surface area contributed by atoms with E-state index in [0.29, 0.717) is 6.04 Å². The minimum atomic E-state index is 0.632. The number of likely N-dealkylation sites (N-methyl/N-ethyl adjacent to an activating group) is 1. The van der Waals surface area contributed by atoms with E-state index in [2.05, 4.69) is 58.1 Å². The number of nitrogens with one attached hydrogen (secondary N) is 1. The van der Waals surface area contributed by atoms with Gasteiger partial charge < -0.3 is 9.88 Å². The minimum absolute atomic E-state index is 0.632. The van der Waals surface area contributed by atoms with Crippen LogP contribution in [-0.4, -0.2) is 17.7 Å². The summed E-state index contributed by atoms with van der Waals surface area (Å²) in [5, 5.41) is 4.83. The van der Waals surface area contributed by atoms with Crippen LogP contribution in [0, 0.1) is 0 Å². The molecule has 1 heterocycles. The van der Waals surface area contributed by atoms with Gasteiger partial charge in [0, 0.05) is 34.2 Å². The molecule has 1 aromatic carbocycles. The lowest BCUT2D eigenvalue weighted by Crippen LogP contribution is -2.31. The first-order valence-electron chi connectivity index (χ1n) is 6.13. The number of fused-ring (bicyclic) bond motifs is 3. The van der Waals surface area contributed by atoms with Crippen molar-refractivity contribution in [3.63, 3.8) is 0 Å². The van der Waals surface area contributed by atoms with Crippen molar-refractivity contribution in [2.24, 2.45) is 7.05 Å². The summed E-state index contributed by atoms with van der Waals surface area (Å²) in [6.45, 7) is 0. The van der Waals surface area contributed by atoms with Gasteiger partial charge in [-0.15, -0.1) is 0 Å². The van der Waals surface area contributed by atoms with Crippen molar-refractivity contribution >= 4 is 26.8 Å². The third-order valence-electron chi connectivity index (χ3n) is 3.99. The Bertz CT molecular complexity index is 571. The molecular weight excluding hydrogens is 276 g/mol. The van der Waals surface area contributed by atoms with Crippen LogP contribution in [0.25, 0.3) is 10.9 Å². The van der Waals surface area contributed by atoms with Gasteiger partial charge in [0.05, 0.1) is 0 Å². The molecule has 0 aliphatic heterocycles. The quantitative estimate of drug-likeness (QED) is 0.855. The van der Waals surface area contributed by atoms with Crippen molar-refractivity contribution in [1.82, 2.24) is 9.88 Å². The van der Waals surface area contributed by atoms with Crippen LogP contribution >= 0.6 is 15.9 Å². The fourth-order valence-corrected chi connectivity index (χ4v) is 3.36. The summed E-state index contributed by atoms with van der Waals surface area (Å²) in [5.41, 5.74) is 4.41. The van der Waals surface area contributed by atoms with E-state index in [0.717, 1.165) is 6.42 Å². The highest BCUT2D eigenvalue weighted by molar-refractivity contribution is 9.10. The third kappa shape index (κ3) is 1.72. The molecule has 0 bridgehead atoms. The van der Waals surface area contributed by atoms with Gasteiger partial charge >= 0.3 is 0 Å². The summed E-state index contributed by atoms with van der Waals surface area (Å²) in [5.74, 6) is 0. The molecule has 2 aromatic rings. The van der Waals surface area contributed by atoms with Crippen LogP contribution in [0.2, 0.25) is 0 Å². The third-order valence-corrected chi connectivity index (χ3v) is 4.48. The first-order valence-corrected chi connectivity index (χ1v) is 6.93. The highest BCUT2D eigenvalue weighted by atomic mass is 79.9. The zero-order valence-electron chi connectivity index (χ0n) is 10.3. The average molecular weight is 293 g/mol. The molecule has 0 saturated heterocycles. The predicted molar refractivity (Wildman–Crippen MR) is 75.5 cm³/mol. The summed E-state index contributed by atoms with van der Waals surface area (Å²) < 4.78 is 3.54. The SMILES string of the molecule is CNC1CCc2c(c3cc(Br)ccc3n2C)C1. The molecule has 17 heavy (non-hydrogen) atoms. The molecule has 3 rings (SSSR count). The van der Waals surface area contributed by atoms with Crippen molar-refractivity contribution in [3.8, 4) is 0 Å². The Labute approximate surface area is 110 Å². The van der Waals surface area contributed by atoms with Gasteiger partial charge in [0.15, 0.2) is 0 Å². The number of rotatable bonds is 1. The standard InChI is InChI=1S/C14H17BrN2/c1-16-10-4-6-14-12(8-10)11-7-9(15)3-5-13(11)17(14)2/h3,5,7,10,16H,4,6,8H2,1-2H3. The molecule has 1 N–H and O–H groups in total. The normalized spacial score (nSPS) is 19.6. The number of nitrogens with zero attached hydrogens (tertiary/aromatic N) is 1. The Morgan fingerprint density at radius 2 is 2.24 bits per heavy atom. The maximum atomic E-state index is 3.58. The van der Waals surface area contributed by atoms with Crippen LogP contribution in [0.3, 0.4) is 0 Å². The van der Waals surface area contributed by atoms with E-state index in [4.69, 9.17) is 0 Å². The summed E-state index contributed by atoms with van der Waals surface area (Å²) in [6.07, 6.45) is 3.58. The number of aryl methyl sites for hydroxylation is 1. The molecule has 1 aliphatic carbocycles. The monoisotopic (exact) mass is 292 g/mol. The van der Waals surface area contributed by atoms with Gasteiger partial charge in [-0.2, -0.15) is 0 Å². The zero-order chi connectivity index (χ0) is 12.0. The fraction of sp³-hybridized carbons (Fsp3) is 0.429. The molecular formula is C14H17BrN2. The number of benzene rings is 1. The van der Waals surface area contributed by atoms with Crippen molar-refractivity contribution < 1.29 is 0 Å². The van der Waals surface area contributed by atoms with Gasteiger partial charge in [-0.1, -0.05) is 15.9 Å². The highest BCUT2D eigenvalue weighted by Crippen LogP contribution is 2.32. The van der Waals surface area contributed by atoms with E-state index in [1.807, 2.05) is 0 Å². The topological polar surface area (TPSA) is 17.0 Å². The number of hydrogen-bond acceptors (Lipinski definition) is 1. The Hall–Kier alpha value is -0.800. The maximum Gasteiger partial charge on any atom is 0.0483 e. The number of halogens is 1. The molecule has 0 fully saturated rings. The first-order chi connectivity index (χ1) is 8.20. The van der Waals surface area contributed by atoms with E-state index < -0.39 is 0 Å². The number of hydrogen-bond donors (Lipinski definition) is 1. The van der Waals surface area contributed by atoms with Crippen LogP contribution in [0.4, 0.5) is 0 Å². The summed E-state index contributed by atoms with van der Waals surface area (Å²) in [4.78, 5) is 0. The Morgan fingerprint density at radius 1 is 1.41 bits per heavy atom. The molecule has 1 aromatic heterocycles. The molecule has 0 saturated carbocycles. The van der Waals surface area contributed by atoms with E-state index in [9.17, 15) is 0 Å². The second-order valence-electron chi connectivity index (χ2n) is 4.87. The molecule has 1 atom stereocenters. The lowest BCUT2D eigenvalue weighted by molar-refractivity contribution is 0.488. The summed E-state index contributed by atoms with van der Waals surface area (Å²) in [6, 6.07) is 7.23. The summed E-state index contributed by atoms with van der Waals surface area (Å²) >= 11 is 3.58. The Kier molecular flexibility index (Phi) is 2.75. The van der Waals surface area contributed by atoms with Gasteiger partial charge in [0.1, 0.15) is 0 Å². The lowest BCUT2D eigenvalue weighted by Gasteiger charge is -2.22. The van der Waals surface area contributed by atoms with Gasteiger partial charge in [0.2, 0.25) is 0 Å². The first kappa shape index (κ1) is 11.3.